The zero-order valence-electron chi connectivity index (χ0n) is 8.81. The molecule has 0 saturated heterocycles. The van der Waals surface area contributed by atoms with Gasteiger partial charge in [-0.2, -0.15) is 0 Å². The topological polar surface area (TPSA) is 80.9 Å². The Hall–Kier alpha value is -1.57. The number of H-pyrrole nitrogens is 1. The maximum absolute atomic E-state index is 11.6. The molecule has 0 bridgehead atoms. The van der Waals surface area contributed by atoms with Crippen molar-refractivity contribution < 1.29 is 0 Å². The lowest BCUT2D eigenvalue weighted by Gasteiger charge is -2.09. The number of rotatable bonds is 2. The lowest BCUT2D eigenvalue weighted by Crippen LogP contribution is -2.34. The molecule has 0 atom stereocenters. The van der Waals surface area contributed by atoms with Crippen molar-refractivity contribution in [2.45, 2.75) is 6.54 Å². The van der Waals surface area contributed by atoms with Gasteiger partial charge in [-0.3, -0.25) is 14.3 Å². The minimum Gasteiger partial charge on any atom is -0.384 e. The number of anilines is 1. The smallest absolute Gasteiger partial charge is 0.330 e. The van der Waals surface area contributed by atoms with E-state index in [4.69, 9.17) is 5.73 Å². The van der Waals surface area contributed by atoms with Crippen molar-refractivity contribution in [1.82, 2.24) is 9.55 Å². The highest BCUT2D eigenvalue weighted by Gasteiger charge is 2.09. The summed E-state index contributed by atoms with van der Waals surface area (Å²) < 4.78 is 1.68. The van der Waals surface area contributed by atoms with E-state index in [-0.39, 0.29) is 5.82 Å². The number of nitrogens with two attached hydrogens (primary N) is 1. The summed E-state index contributed by atoms with van der Waals surface area (Å²) in [6.07, 6.45) is 0. The first kappa shape index (κ1) is 11.9. The van der Waals surface area contributed by atoms with E-state index in [0.717, 1.165) is 5.56 Å². The molecule has 0 radical (unpaired) electrons. The molecule has 0 fully saturated rings. The average molecular weight is 343 g/mol. The van der Waals surface area contributed by atoms with Gasteiger partial charge in [-0.1, -0.05) is 30.3 Å². The highest BCUT2D eigenvalue weighted by molar-refractivity contribution is 14.1. The Kier molecular flexibility index (Phi) is 3.32. The first-order chi connectivity index (χ1) is 8.09. The number of benzene rings is 1. The second-order valence-corrected chi connectivity index (χ2v) is 4.61. The molecule has 88 valence electrons. The maximum atomic E-state index is 11.6. The summed E-state index contributed by atoms with van der Waals surface area (Å²) in [7, 11) is 0. The summed E-state index contributed by atoms with van der Waals surface area (Å²) in [6.45, 7) is 0.346. The SMILES string of the molecule is Nc1c(I)c(=O)[nH]c(=O)n1Cc1ccccc1. The van der Waals surface area contributed by atoms with Gasteiger partial charge in [0.1, 0.15) is 9.39 Å². The van der Waals surface area contributed by atoms with Gasteiger partial charge >= 0.3 is 5.69 Å². The predicted octanol–water partition coefficient (Wildman–Crippen LogP) is 0.772. The highest BCUT2D eigenvalue weighted by Crippen LogP contribution is 2.09. The van der Waals surface area contributed by atoms with Gasteiger partial charge in [-0.15, -0.1) is 0 Å². The van der Waals surface area contributed by atoms with E-state index >= 15 is 0 Å². The first-order valence-corrected chi connectivity index (χ1v) is 5.99. The van der Waals surface area contributed by atoms with Gasteiger partial charge in [-0.25, -0.2) is 4.79 Å². The van der Waals surface area contributed by atoms with Crippen molar-refractivity contribution in [3.63, 3.8) is 0 Å². The fourth-order valence-corrected chi connectivity index (χ4v) is 1.91. The van der Waals surface area contributed by atoms with Gasteiger partial charge in [0.05, 0.1) is 6.54 Å². The number of hydrogen-bond acceptors (Lipinski definition) is 3. The van der Waals surface area contributed by atoms with Gasteiger partial charge in [0.15, 0.2) is 0 Å². The Balaban J connectivity index is 2.51. The largest absolute Gasteiger partial charge is 0.384 e. The molecule has 0 unspecified atom stereocenters. The van der Waals surface area contributed by atoms with Gasteiger partial charge < -0.3 is 5.73 Å². The molecule has 5 nitrogen and oxygen atoms in total. The molecule has 0 aliphatic rings. The molecule has 17 heavy (non-hydrogen) atoms. The second-order valence-electron chi connectivity index (χ2n) is 3.53. The first-order valence-electron chi connectivity index (χ1n) is 4.91. The zero-order valence-corrected chi connectivity index (χ0v) is 11.0. The Morgan fingerprint density at radius 3 is 2.53 bits per heavy atom. The van der Waals surface area contributed by atoms with Crippen LogP contribution in [0.5, 0.6) is 0 Å². The Labute approximate surface area is 110 Å². The molecule has 6 heteroatoms. The van der Waals surface area contributed by atoms with Crippen LogP contribution in [0.15, 0.2) is 39.9 Å². The Morgan fingerprint density at radius 2 is 1.88 bits per heavy atom. The monoisotopic (exact) mass is 343 g/mol. The molecule has 0 saturated carbocycles. The molecule has 0 amide bonds. The summed E-state index contributed by atoms with van der Waals surface area (Å²) in [4.78, 5) is 25.2. The average Bonchev–Trinajstić information content (AvgIpc) is 2.33. The van der Waals surface area contributed by atoms with E-state index in [1.165, 1.54) is 4.57 Å². The molecule has 3 N–H and O–H groups in total. The summed E-state index contributed by atoms with van der Waals surface area (Å²) in [5.41, 5.74) is 5.78. The van der Waals surface area contributed by atoms with Crippen LogP contribution in [-0.2, 0) is 6.54 Å². The highest BCUT2D eigenvalue weighted by atomic mass is 127. The van der Waals surface area contributed by atoms with Crippen molar-refractivity contribution >= 4 is 28.4 Å². The summed E-state index contributed by atoms with van der Waals surface area (Å²) >= 11 is 1.83. The fourth-order valence-electron chi connectivity index (χ4n) is 1.49. The number of aromatic nitrogens is 2. The summed E-state index contributed by atoms with van der Waals surface area (Å²) in [5.74, 6) is 0.197. The lowest BCUT2D eigenvalue weighted by molar-refractivity contribution is 0.728. The van der Waals surface area contributed by atoms with Gasteiger partial charge in [0, 0.05) is 0 Å². The van der Waals surface area contributed by atoms with Crippen molar-refractivity contribution in [2.75, 3.05) is 5.73 Å². The van der Waals surface area contributed by atoms with Crippen LogP contribution in [0.2, 0.25) is 0 Å². The van der Waals surface area contributed by atoms with E-state index in [1.807, 2.05) is 52.9 Å². The number of hydrogen-bond donors (Lipinski definition) is 2. The molecule has 1 aromatic carbocycles. The standard InChI is InChI=1S/C11H10IN3O2/c12-8-9(13)15(11(17)14-10(8)16)6-7-4-2-1-3-5-7/h1-5H,6,13H2,(H,14,16,17). The second kappa shape index (κ2) is 4.74. The molecule has 1 heterocycles. The number of nitrogen functional groups attached to an aromatic ring is 1. The third-order valence-corrected chi connectivity index (χ3v) is 3.41. The van der Waals surface area contributed by atoms with Gasteiger partial charge in [0.25, 0.3) is 5.56 Å². The quantitative estimate of drug-likeness (QED) is 0.791. The van der Waals surface area contributed by atoms with Crippen molar-refractivity contribution in [3.05, 3.63) is 60.3 Å². The number of halogens is 1. The lowest BCUT2D eigenvalue weighted by atomic mass is 10.2. The fraction of sp³-hybridized carbons (Fsp3) is 0.0909. The van der Waals surface area contributed by atoms with Crippen LogP contribution >= 0.6 is 22.6 Å². The van der Waals surface area contributed by atoms with E-state index in [0.29, 0.717) is 10.1 Å². The molecule has 2 aromatic rings. The number of aromatic amines is 1. The molecule has 0 spiro atoms. The third kappa shape index (κ3) is 2.41. The molecular formula is C11H10IN3O2. The third-order valence-electron chi connectivity index (χ3n) is 2.36. The van der Waals surface area contributed by atoms with Gasteiger partial charge in [-0.05, 0) is 28.2 Å². The minimum atomic E-state index is -0.489. The molecule has 0 aliphatic carbocycles. The molecule has 1 aromatic heterocycles. The van der Waals surface area contributed by atoms with E-state index in [1.54, 1.807) is 0 Å². The van der Waals surface area contributed by atoms with E-state index in [2.05, 4.69) is 4.98 Å². The minimum absolute atomic E-state index is 0.197. The van der Waals surface area contributed by atoms with Gasteiger partial charge in [0.2, 0.25) is 0 Å². The Morgan fingerprint density at radius 1 is 1.24 bits per heavy atom. The van der Waals surface area contributed by atoms with Crippen molar-refractivity contribution in [3.8, 4) is 0 Å². The molecule has 2 rings (SSSR count). The van der Waals surface area contributed by atoms with E-state index < -0.39 is 11.2 Å². The number of nitrogens with one attached hydrogen (secondary N) is 1. The molecule has 0 aliphatic heterocycles. The van der Waals surface area contributed by atoms with Crippen LogP contribution in [0.1, 0.15) is 5.56 Å². The van der Waals surface area contributed by atoms with E-state index in [9.17, 15) is 9.59 Å². The summed E-state index contributed by atoms with van der Waals surface area (Å²) in [6, 6.07) is 9.44. The van der Waals surface area contributed by atoms with Crippen LogP contribution in [0.25, 0.3) is 0 Å². The van der Waals surface area contributed by atoms with Crippen LogP contribution in [0.3, 0.4) is 0 Å². The normalized spacial score (nSPS) is 10.4. The number of nitrogens with zero attached hydrogens (tertiary/aromatic N) is 1. The van der Waals surface area contributed by atoms with Crippen molar-refractivity contribution in [2.24, 2.45) is 0 Å². The zero-order chi connectivity index (χ0) is 12.4. The summed E-state index contributed by atoms with van der Waals surface area (Å²) in [5, 5.41) is 0. The van der Waals surface area contributed by atoms with Crippen molar-refractivity contribution in [1.29, 1.82) is 0 Å². The van der Waals surface area contributed by atoms with Crippen LogP contribution in [0.4, 0.5) is 5.82 Å². The Bertz CT molecular complexity index is 646. The van der Waals surface area contributed by atoms with Crippen LogP contribution in [-0.4, -0.2) is 9.55 Å². The predicted molar refractivity (Wildman–Crippen MR) is 74.0 cm³/mol. The van der Waals surface area contributed by atoms with Crippen LogP contribution in [0, 0.1) is 3.57 Å². The molecular weight excluding hydrogens is 333 g/mol. The van der Waals surface area contributed by atoms with Crippen LogP contribution < -0.4 is 17.0 Å². The maximum Gasteiger partial charge on any atom is 0.330 e.